The predicted molar refractivity (Wildman–Crippen MR) is 266 cm³/mol. The normalized spacial score (nSPS) is 11.8. The van der Waals surface area contributed by atoms with Gasteiger partial charge in [-0.05, 0) is 119 Å². The van der Waals surface area contributed by atoms with Crippen molar-refractivity contribution >= 4 is 82.7 Å². The minimum atomic E-state index is 0.891. The monoisotopic (exact) mass is 818 g/mol. The van der Waals surface area contributed by atoms with Gasteiger partial charge in [0.25, 0.3) is 0 Å². The Kier molecular flexibility index (Phi) is 8.18. The number of hydrogen-bond donors (Lipinski definition) is 0. The maximum absolute atomic E-state index is 6.45. The molecule has 13 aromatic rings. The van der Waals surface area contributed by atoms with E-state index in [9.17, 15) is 0 Å². The Labute approximate surface area is 369 Å². The van der Waals surface area contributed by atoms with Gasteiger partial charge in [-0.1, -0.05) is 140 Å². The Balaban J connectivity index is 0.914. The van der Waals surface area contributed by atoms with E-state index in [1.807, 2.05) is 24.3 Å². The van der Waals surface area contributed by atoms with E-state index in [1.54, 1.807) is 0 Å². The van der Waals surface area contributed by atoms with Crippen LogP contribution in [-0.2, 0) is 0 Å². The zero-order chi connectivity index (χ0) is 42.1. The van der Waals surface area contributed by atoms with Crippen molar-refractivity contribution in [1.29, 1.82) is 0 Å². The minimum Gasteiger partial charge on any atom is -0.456 e. The molecule has 3 aromatic heterocycles. The number of fused-ring (bicyclic) bond motifs is 9. The van der Waals surface area contributed by atoms with Gasteiger partial charge >= 0.3 is 0 Å². The number of benzene rings is 10. The molecule has 13 rings (SSSR count). The Morgan fingerprint density at radius 3 is 1.64 bits per heavy atom. The first-order chi connectivity index (χ1) is 31.7. The van der Waals surface area contributed by atoms with Crippen molar-refractivity contribution in [3.05, 3.63) is 231 Å². The molecule has 0 saturated carbocycles. The summed E-state index contributed by atoms with van der Waals surface area (Å²) in [5.41, 5.74) is 17.1. The fraction of sp³-hybridized carbons (Fsp3) is 0. The van der Waals surface area contributed by atoms with Crippen LogP contribution in [0.2, 0.25) is 0 Å². The number of anilines is 3. The summed E-state index contributed by atoms with van der Waals surface area (Å²) in [6.07, 6.45) is 0. The first kappa shape index (κ1) is 36.1. The number of rotatable bonds is 7. The van der Waals surface area contributed by atoms with E-state index < -0.39 is 0 Å². The van der Waals surface area contributed by atoms with E-state index in [0.717, 1.165) is 94.4 Å². The van der Waals surface area contributed by atoms with Gasteiger partial charge < -0.3 is 18.3 Å². The van der Waals surface area contributed by atoms with Gasteiger partial charge in [0.05, 0.1) is 11.0 Å². The highest BCUT2D eigenvalue weighted by molar-refractivity contribution is 6.11. The summed E-state index contributed by atoms with van der Waals surface area (Å²) < 4.78 is 15.0. The van der Waals surface area contributed by atoms with Crippen LogP contribution >= 0.6 is 0 Å². The fourth-order valence-electron chi connectivity index (χ4n) is 9.75. The third-order valence-electron chi connectivity index (χ3n) is 12.8. The Bertz CT molecular complexity index is 3890. The quantitative estimate of drug-likeness (QED) is 0.161. The molecule has 0 spiro atoms. The molecule has 3 heterocycles. The lowest BCUT2D eigenvalue weighted by atomic mass is 10.00. The molecule has 300 valence electrons. The summed E-state index contributed by atoms with van der Waals surface area (Å²) in [7, 11) is 0. The van der Waals surface area contributed by atoms with Gasteiger partial charge in [-0.15, -0.1) is 0 Å². The molecule has 0 fully saturated rings. The molecule has 0 N–H and O–H groups in total. The zero-order valence-electron chi connectivity index (χ0n) is 34.7. The lowest BCUT2D eigenvalue weighted by Crippen LogP contribution is -2.10. The van der Waals surface area contributed by atoms with Crippen molar-refractivity contribution in [2.24, 2.45) is 0 Å². The van der Waals surface area contributed by atoms with E-state index in [4.69, 9.17) is 8.83 Å². The highest BCUT2D eigenvalue weighted by atomic mass is 16.3. The molecule has 0 unspecified atom stereocenters. The van der Waals surface area contributed by atoms with E-state index in [-0.39, 0.29) is 0 Å². The van der Waals surface area contributed by atoms with Crippen molar-refractivity contribution in [3.8, 4) is 39.1 Å². The fourth-order valence-corrected chi connectivity index (χ4v) is 9.75. The molecule has 0 atom stereocenters. The first-order valence-electron chi connectivity index (χ1n) is 21.7. The smallest absolute Gasteiger partial charge is 0.143 e. The van der Waals surface area contributed by atoms with Crippen LogP contribution in [0.5, 0.6) is 0 Å². The average Bonchev–Trinajstić information content (AvgIpc) is 4.04. The van der Waals surface area contributed by atoms with Gasteiger partial charge in [0.2, 0.25) is 0 Å². The summed E-state index contributed by atoms with van der Waals surface area (Å²) in [6, 6.07) is 82.3. The summed E-state index contributed by atoms with van der Waals surface area (Å²) in [6.45, 7) is 0. The molecule has 0 amide bonds. The third kappa shape index (κ3) is 5.84. The van der Waals surface area contributed by atoms with Crippen molar-refractivity contribution in [3.63, 3.8) is 0 Å². The largest absolute Gasteiger partial charge is 0.456 e. The van der Waals surface area contributed by atoms with Crippen LogP contribution in [0, 0.1) is 0 Å². The van der Waals surface area contributed by atoms with Gasteiger partial charge in [0, 0.05) is 60.6 Å². The van der Waals surface area contributed by atoms with Crippen LogP contribution in [0.3, 0.4) is 0 Å². The summed E-state index contributed by atoms with van der Waals surface area (Å²) in [4.78, 5) is 2.35. The molecule has 0 aliphatic heterocycles. The van der Waals surface area contributed by atoms with Crippen LogP contribution in [0.25, 0.3) is 105 Å². The van der Waals surface area contributed by atoms with Gasteiger partial charge in [-0.25, -0.2) is 0 Å². The molecular formula is C60H38N2O2. The summed E-state index contributed by atoms with van der Waals surface area (Å²) in [5, 5.41) is 6.97. The number of hydrogen-bond acceptors (Lipinski definition) is 3. The molecule has 0 aliphatic carbocycles. The van der Waals surface area contributed by atoms with Gasteiger partial charge in [0.15, 0.2) is 0 Å². The topological polar surface area (TPSA) is 34.5 Å². The molecule has 10 aromatic carbocycles. The number of para-hydroxylation sites is 5. The maximum atomic E-state index is 6.45. The SMILES string of the molecule is c1ccc(-n2c3ccccc3c3cc(-c4ccc(N(c5ccc(-c6cccc7c6oc6ccccc67)cc5)c5cccc(-c6ccc7oc8ccccc8c7c6)c5)cc4)ccc32)cc1. The van der Waals surface area contributed by atoms with Gasteiger partial charge in [0.1, 0.15) is 22.3 Å². The highest BCUT2D eigenvalue weighted by Crippen LogP contribution is 2.42. The lowest BCUT2D eigenvalue weighted by Gasteiger charge is -2.26. The molecule has 0 saturated heterocycles. The second kappa shape index (κ2) is 14.5. The Hall–Kier alpha value is -8.60. The second-order valence-corrected chi connectivity index (χ2v) is 16.5. The van der Waals surface area contributed by atoms with Crippen molar-refractivity contribution in [2.45, 2.75) is 0 Å². The van der Waals surface area contributed by atoms with Crippen LogP contribution < -0.4 is 4.90 Å². The lowest BCUT2D eigenvalue weighted by molar-refractivity contribution is 0.669. The summed E-state index contributed by atoms with van der Waals surface area (Å²) in [5.74, 6) is 0. The molecule has 4 heteroatoms. The zero-order valence-corrected chi connectivity index (χ0v) is 34.7. The minimum absolute atomic E-state index is 0.891. The molecule has 0 aliphatic rings. The number of furan rings is 2. The highest BCUT2D eigenvalue weighted by Gasteiger charge is 2.18. The summed E-state index contributed by atoms with van der Waals surface area (Å²) >= 11 is 0. The van der Waals surface area contributed by atoms with Crippen LogP contribution in [0.15, 0.2) is 239 Å². The van der Waals surface area contributed by atoms with Crippen LogP contribution in [0.4, 0.5) is 17.1 Å². The Morgan fingerprint density at radius 2 is 0.844 bits per heavy atom. The van der Waals surface area contributed by atoms with E-state index >= 15 is 0 Å². The molecular weight excluding hydrogens is 781 g/mol. The molecule has 64 heavy (non-hydrogen) atoms. The number of aromatic nitrogens is 1. The predicted octanol–water partition coefficient (Wildman–Crippen LogP) is 17.1. The third-order valence-corrected chi connectivity index (χ3v) is 12.8. The number of nitrogens with zero attached hydrogens (tertiary/aromatic N) is 2. The standard InChI is InChI=1S/C60H38N2O2/c1-2-13-44(14-3-1)62-55-21-7-4-16-49(55)53-37-42(28-34-56(53)62)39-24-30-45(31-25-39)61(46-32-26-40(27-33-46)48-19-11-20-52-50-17-5-9-23-58(50)64-60(48)52)47-15-10-12-41(36-47)43-29-35-59-54(38-43)51-18-6-8-22-57(51)63-59/h1-38H. The molecule has 4 nitrogen and oxygen atoms in total. The van der Waals surface area contributed by atoms with Crippen molar-refractivity contribution in [2.75, 3.05) is 4.90 Å². The maximum Gasteiger partial charge on any atom is 0.143 e. The van der Waals surface area contributed by atoms with Crippen LogP contribution in [-0.4, -0.2) is 4.57 Å². The van der Waals surface area contributed by atoms with Gasteiger partial charge in [-0.2, -0.15) is 0 Å². The van der Waals surface area contributed by atoms with E-state index in [2.05, 4.69) is 216 Å². The second-order valence-electron chi connectivity index (χ2n) is 16.5. The Morgan fingerprint density at radius 1 is 0.297 bits per heavy atom. The molecule has 0 radical (unpaired) electrons. The van der Waals surface area contributed by atoms with Gasteiger partial charge in [-0.3, -0.25) is 0 Å². The van der Waals surface area contributed by atoms with Crippen LogP contribution in [0.1, 0.15) is 0 Å². The van der Waals surface area contributed by atoms with E-state index in [1.165, 1.54) is 27.4 Å². The average molecular weight is 819 g/mol. The van der Waals surface area contributed by atoms with E-state index in [0.29, 0.717) is 0 Å². The van der Waals surface area contributed by atoms with Crippen molar-refractivity contribution in [1.82, 2.24) is 4.57 Å². The first-order valence-corrected chi connectivity index (χ1v) is 21.7. The van der Waals surface area contributed by atoms with Crippen molar-refractivity contribution < 1.29 is 8.83 Å². The molecule has 0 bridgehead atoms.